The fraction of sp³-hybridized carbons (Fsp3) is 0.889. The molecule has 1 aliphatic rings. The Kier molecular flexibility index (Phi) is 2.66. The predicted molar refractivity (Wildman–Crippen MR) is 45.5 cm³/mol. The number of nitrogens with one attached hydrogen (secondary N) is 1. The van der Waals surface area contributed by atoms with E-state index in [4.69, 9.17) is 0 Å². The molecule has 2 nitrogen and oxygen atoms in total. The van der Waals surface area contributed by atoms with Gasteiger partial charge in [0.2, 0.25) is 0 Å². The summed E-state index contributed by atoms with van der Waals surface area (Å²) in [7, 11) is 0. The van der Waals surface area contributed by atoms with Gasteiger partial charge in [-0.2, -0.15) is 0 Å². The summed E-state index contributed by atoms with van der Waals surface area (Å²) in [6.07, 6.45) is 2.45. The highest BCUT2D eigenvalue weighted by molar-refractivity contribution is 5.82. The zero-order chi connectivity index (χ0) is 8.43. The lowest BCUT2D eigenvalue weighted by Crippen LogP contribution is -2.41. The molecule has 11 heavy (non-hydrogen) atoms. The van der Waals surface area contributed by atoms with Crippen molar-refractivity contribution in [3.05, 3.63) is 0 Å². The molecule has 64 valence electrons. The summed E-state index contributed by atoms with van der Waals surface area (Å²) in [4.78, 5) is 11.1. The van der Waals surface area contributed by atoms with Crippen LogP contribution in [0.3, 0.4) is 0 Å². The highest BCUT2D eigenvalue weighted by Gasteiger charge is 2.33. The van der Waals surface area contributed by atoms with Gasteiger partial charge in [-0.05, 0) is 25.7 Å². The third-order valence-corrected chi connectivity index (χ3v) is 2.04. The van der Waals surface area contributed by atoms with Gasteiger partial charge in [-0.1, -0.05) is 13.8 Å². The van der Waals surface area contributed by atoms with Gasteiger partial charge in [-0.15, -0.1) is 0 Å². The minimum absolute atomic E-state index is 0.134. The van der Waals surface area contributed by atoms with Crippen LogP contribution in [0, 0.1) is 5.92 Å². The Balaban J connectivity index is 2.38. The van der Waals surface area contributed by atoms with E-state index in [2.05, 4.69) is 19.2 Å². The molecular weight excluding hydrogens is 138 g/mol. The van der Waals surface area contributed by atoms with Gasteiger partial charge in [-0.25, -0.2) is 0 Å². The van der Waals surface area contributed by atoms with Gasteiger partial charge < -0.3 is 5.32 Å². The van der Waals surface area contributed by atoms with Crippen LogP contribution in [-0.2, 0) is 4.79 Å². The Hall–Kier alpha value is -0.370. The average Bonchev–Trinajstić information content (AvgIpc) is 2.63. The first-order chi connectivity index (χ1) is 5.11. The van der Waals surface area contributed by atoms with Crippen molar-refractivity contribution in [2.75, 3.05) is 0 Å². The second kappa shape index (κ2) is 3.35. The van der Waals surface area contributed by atoms with Crippen molar-refractivity contribution >= 4 is 5.78 Å². The lowest BCUT2D eigenvalue weighted by molar-refractivity contribution is -0.119. The standard InChI is InChI=1S/C9H17NO/c1-6(2)10-9(7(3)11)8-4-5-8/h6,8-10H,4-5H2,1-3H3/t9-/m0/s1. The lowest BCUT2D eigenvalue weighted by atomic mass is 10.1. The molecule has 0 aromatic heterocycles. The summed E-state index contributed by atoms with van der Waals surface area (Å²) >= 11 is 0. The summed E-state index contributed by atoms with van der Waals surface area (Å²) < 4.78 is 0. The highest BCUT2D eigenvalue weighted by atomic mass is 16.1. The van der Waals surface area contributed by atoms with Crippen LogP contribution in [0.5, 0.6) is 0 Å². The Morgan fingerprint density at radius 3 is 2.27 bits per heavy atom. The lowest BCUT2D eigenvalue weighted by Gasteiger charge is -2.17. The van der Waals surface area contributed by atoms with Crippen LogP contribution in [-0.4, -0.2) is 17.9 Å². The van der Waals surface area contributed by atoms with E-state index in [0.29, 0.717) is 17.7 Å². The van der Waals surface area contributed by atoms with Gasteiger partial charge in [-0.3, -0.25) is 4.79 Å². The van der Waals surface area contributed by atoms with Crippen molar-refractivity contribution in [2.45, 2.75) is 45.7 Å². The molecule has 0 aromatic carbocycles. The molecule has 1 fully saturated rings. The molecule has 0 spiro atoms. The topological polar surface area (TPSA) is 29.1 Å². The molecule has 0 aliphatic heterocycles. The summed E-state index contributed by atoms with van der Waals surface area (Å²) in [5.41, 5.74) is 0. The van der Waals surface area contributed by atoms with E-state index in [0.717, 1.165) is 0 Å². The number of hydrogen-bond donors (Lipinski definition) is 1. The molecule has 0 aromatic rings. The van der Waals surface area contributed by atoms with Crippen LogP contribution >= 0.6 is 0 Å². The highest BCUT2D eigenvalue weighted by Crippen LogP contribution is 2.33. The van der Waals surface area contributed by atoms with Crippen molar-refractivity contribution in [3.8, 4) is 0 Å². The first-order valence-corrected chi connectivity index (χ1v) is 4.37. The Bertz CT molecular complexity index is 150. The van der Waals surface area contributed by atoms with Crippen molar-refractivity contribution in [1.82, 2.24) is 5.32 Å². The minimum Gasteiger partial charge on any atom is -0.305 e. The van der Waals surface area contributed by atoms with Crippen LogP contribution in [0.25, 0.3) is 0 Å². The first kappa shape index (κ1) is 8.72. The van der Waals surface area contributed by atoms with Crippen molar-refractivity contribution in [1.29, 1.82) is 0 Å². The number of ketones is 1. The van der Waals surface area contributed by atoms with E-state index in [1.54, 1.807) is 6.92 Å². The molecule has 0 radical (unpaired) electrons. The van der Waals surface area contributed by atoms with E-state index in [-0.39, 0.29) is 6.04 Å². The number of carbonyl (C=O) groups is 1. The molecule has 2 heteroatoms. The summed E-state index contributed by atoms with van der Waals surface area (Å²) in [6.45, 7) is 5.84. The van der Waals surface area contributed by atoms with Gasteiger partial charge in [0.25, 0.3) is 0 Å². The van der Waals surface area contributed by atoms with Crippen molar-refractivity contribution in [2.24, 2.45) is 5.92 Å². The second-order valence-corrected chi connectivity index (χ2v) is 3.75. The summed E-state index contributed by atoms with van der Waals surface area (Å²) in [5, 5.41) is 3.29. The van der Waals surface area contributed by atoms with Crippen LogP contribution < -0.4 is 5.32 Å². The molecule has 0 heterocycles. The van der Waals surface area contributed by atoms with Crippen LogP contribution in [0.4, 0.5) is 0 Å². The predicted octanol–water partition coefficient (Wildman–Crippen LogP) is 1.35. The fourth-order valence-electron chi connectivity index (χ4n) is 1.37. The largest absolute Gasteiger partial charge is 0.305 e. The zero-order valence-corrected chi connectivity index (χ0v) is 7.55. The van der Waals surface area contributed by atoms with E-state index in [1.165, 1.54) is 12.8 Å². The van der Waals surface area contributed by atoms with E-state index >= 15 is 0 Å². The summed E-state index contributed by atoms with van der Waals surface area (Å²) in [6, 6.07) is 0.555. The average molecular weight is 155 g/mol. The molecule has 0 unspecified atom stereocenters. The maximum Gasteiger partial charge on any atom is 0.146 e. The Labute approximate surface area is 68.4 Å². The maximum absolute atomic E-state index is 11.1. The van der Waals surface area contributed by atoms with Gasteiger partial charge >= 0.3 is 0 Å². The smallest absolute Gasteiger partial charge is 0.146 e. The van der Waals surface area contributed by atoms with E-state index < -0.39 is 0 Å². The molecule has 0 bridgehead atoms. The van der Waals surface area contributed by atoms with E-state index in [9.17, 15) is 4.79 Å². The quantitative estimate of drug-likeness (QED) is 0.664. The monoisotopic (exact) mass is 155 g/mol. The molecule has 1 rings (SSSR count). The fourth-order valence-corrected chi connectivity index (χ4v) is 1.37. The molecule has 1 N–H and O–H groups in total. The second-order valence-electron chi connectivity index (χ2n) is 3.75. The van der Waals surface area contributed by atoms with Crippen molar-refractivity contribution in [3.63, 3.8) is 0 Å². The maximum atomic E-state index is 11.1. The first-order valence-electron chi connectivity index (χ1n) is 4.37. The van der Waals surface area contributed by atoms with Crippen LogP contribution in [0.15, 0.2) is 0 Å². The molecule has 0 amide bonds. The number of Topliss-reactive ketones (excluding diaryl/α,β-unsaturated/α-hetero) is 1. The normalized spacial score (nSPS) is 20.4. The minimum atomic E-state index is 0.134. The Morgan fingerprint density at radius 1 is 1.45 bits per heavy atom. The molecule has 1 saturated carbocycles. The summed E-state index contributed by atoms with van der Waals surface area (Å²) in [5.74, 6) is 0.927. The van der Waals surface area contributed by atoms with Gasteiger partial charge in [0.15, 0.2) is 0 Å². The number of hydrogen-bond acceptors (Lipinski definition) is 2. The molecule has 1 atom stereocenters. The van der Waals surface area contributed by atoms with Crippen LogP contribution in [0.1, 0.15) is 33.6 Å². The van der Waals surface area contributed by atoms with Crippen LogP contribution in [0.2, 0.25) is 0 Å². The third-order valence-electron chi connectivity index (χ3n) is 2.04. The zero-order valence-electron chi connectivity index (χ0n) is 7.55. The number of carbonyl (C=O) groups excluding carboxylic acids is 1. The molecule has 1 aliphatic carbocycles. The Morgan fingerprint density at radius 2 is 2.00 bits per heavy atom. The van der Waals surface area contributed by atoms with E-state index in [1.807, 2.05) is 0 Å². The molecule has 0 saturated heterocycles. The number of rotatable bonds is 4. The van der Waals surface area contributed by atoms with Gasteiger partial charge in [0, 0.05) is 6.04 Å². The molecular formula is C9H17NO. The SMILES string of the molecule is CC(=O)[C@H](NC(C)C)C1CC1. The van der Waals surface area contributed by atoms with Gasteiger partial charge in [0.05, 0.1) is 6.04 Å². The van der Waals surface area contributed by atoms with Crippen molar-refractivity contribution < 1.29 is 4.79 Å². The van der Waals surface area contributed by atoms with Gasteiger partial charge in [0.1, 0.15) is 5.78 Å². The third kappa shape index (κ3) is 2.62.